The van der Waals surface area contributed by atoms with Gasteiger partial charge in [0, 0.05) is 17.2 Å². The summed E-state index contributed by atoms with van der Waals surface area (Å²) in [5.41, 5.74) is 2.82. The Morgan fingerprint density at radius 2 is 2.25 bits per heavy atom. The minimum Gasteiger partial charge on any atom is -0.245 e. The first-order valence-electron chi connectivity index (χ1n) is 5.73. The molecule has 0 saturated heterocycles. The number of thiazole rings is 1. The van der Waals surface area contributed by atoms with Gasteiger partial charge in [-0.3, -0.25) is 0 Å². The molecule has 1 atom stereocenters. The maximum Gasteiger partial charge on any atom is 0.0969 e. The zero-order valence-electron chi connectivity index (χ0n) is 10.1. The van der Waals surface area contributed by atoms with Crippen LogP contribution in [0.4, 0.5) is 0 Å². The van der Waals surface area contributed by atoms with Gasteiger partial charge in [0.2, 0.25) is 0 Å². The quantitative estimate of drug-likeness (QED) is 0.567. The number of halogens is 1. The number of hydrogen-bond acceptors (Lipinski definition) is 2. The molecule has 0 amide bonds. The molecular weight excluding hydrogens is 238 g/mol. The first kappa shape index (κ1) is 12.1. The van der Waals surface area contributed by atoms with Crippen LogP contribution in [-0.2, 0) is 11.8 Å². The third-order valence-electron chi connectivity index (χ3n) is 2.86. The van der Waals surface area contributed by atoms with Crippen molar-refractivity contribution in [1.29, 1.82) is 0 Å². The van der Waals surface area contributed by atoms with Crippen LogP contribution >= 0.6 is 22.9 Å². The molecule has 1 aliphatic carbocycles. The van der Waals surface area contributed by atoms with Gasteiger partial charge in [-0.1, -0.05) is 32.4 Å². The van der Waals surface area contributed by atoms with Crippen molar-refractivity contribution >= 4 is 22.9 Å². The highest BCUT2D eigenvalue weighted by molar-refractivity contribution is 7.09. The van der Waals surface area contributed by atoms with Crippen LogP contribution in [0.2, 0.25) is 0 Å². The molecule has 0 N–H and O–H groups in total. The van der Waals surface area contributed by atoms with E-state index in [0.717, 1.165) is 19.3 Å². The Labute approximate surface area is 107 Å². The third-order valence-corrected chi connectivity index (χ3v) is 4.05. The van der Waals surface area contributed by atoms with E-state index in [1.807, 2.05) is 0 Å². The van der Waals surface area contributed by atoms with Crippen LogP contribution in [0.5, 0.6) is 0 Å². The van der Waals surface area contributed by atoms with Crippen molar-refractivity contribution in [2.24, 2.45) is 0 Å². The van der Waals surface area contributed by atoms with Gasteiger partial charge in [-0.2, -0.15) is 0 Å². The highest BCUT2D eigenvalue weighted by Crippen LogP contribution is 2.29. The van der Waals surface area contributed by atoms with Crippen molar-refractivity contribution in [1.82, 2.24) is 4.98 Å². The number of aromatic nitrogens is 1. The highest BCUT2D eigenvalue weighted by atomic mass is 35.5. The second kappa shape index (κ2) is 4.50. The van der Waals surface area contributed by atoms with E-state index < -0.39 is 0 Å². The second-order valence-electron chi connectivity index (χ2n) is 5.43. The minimum absolute atomic E-state index is 0.161. The molecule has 0 fully saturated rings. The lowest BCUT2D eigenvalue weighted by molar-refractivity contribution is 0.571. The molecular formula is C13H18ClNS. The van der Waals surface area contributed by atoms with Gasteiger partial charge in [0.15, 0.2) is 0 Å². The van der Waals surface area contributed by atoms with Crippen molar-refractivity contribution in [3.8, 4) is 0 Å². The summed E-state index contributed by atoms with van der Waals surface area (Å²) in [4.78, 5) is 4.70. The van der Waals surface area contributed by atoms with Crippen LogP contribution < -0.4 is 0 Å². The molecule has 16 heavy (non-hydrogen) atoms. The molecule has 1 unspecified atom stereocenters. The van der Waals surface area contributed by atoms with Crippen molar-refractivity contribution in [2.45, 2.75) is 50.8 Å². The fourth-order valence-electron chi connectivity index (χ4n) is 1.82. The van der Waals surface area contributed by atoms with E-state index in [0.29, 0.717) is 0 Å². The van der Waals surface area contributed by atoms with Crippen LogP contribution in [0.15, 0.2) is 17.0 Å². The van der Waals surface area contributed by atoms with Crippen LogP contribution in [0.3, 0.4) is 0 Å². The predicted octanol–water partition coefficient (Wildman–Crippen LogP) is 4.31. The SMILES string of the molecule is CC(C)(C)c1csc(CC2=CC(Cl)CC2)n1. The second-order valence-corrected chi connectivity index (χ2v) is 6.94. The van der Waals surface area contributed by atoms with E-state index in [2.05, 4.69) is 32.2 Å². The molecule has 1 heterocycles. The van der Waals surface area contributed by atoms with E-state index in [9.17, 15) is 0 Å². The average molecular weight is 256 g/mol. The van der Waals surface area contributed by atoms with Crippen molar-refractivity contribution in [3.05, 3.63) is 27.7 Å². The standard InChI is InChI=1S/C13H18ClNS/c1-13(2,3)11-8-16-12(15-11)7-9-4-5-10(14)6-9/h6,8,10H,4-5,7H2,1-3H3. The number of rotatable bonds is 2. The fourth-order valence-corrected chi connectivity index (χ4v) is 3.18. The lowest BCUT2D eigenvalue weighted by Crippen LogP contribution is -2.11. The van der Waals surface area contributed by atoms with Crippen LogP contribution in [-0.4, -0.2) is 10.4 Å². The smallest absolute Gasteiger partial charge is 0.0969 e. The largest absolute Gasteiger partial charge is 0.245 e. The predicted molar refractivity (Wildman–Crippen MR) is 71.5 cm³/mol. The Balaban J connectivity index is 2.06. The van der Waals surface area contributed by atoms with E-state index in [1.54, 1.807) is 11.3 Å². The summed E-state index contributed by atoms with van der Waals surface area (Å²) in [7, 11) is 0. The zero-order chi connectivity index (χ0) is 11.8. The van der Waals surface area contributed by atoms with E-state index >= 15 is 0 Å². The third kappa shape index (κ3) is 2.86. The Morgan fingerprint density at radius 1 is 1.50 bits per heavy atom. The summed E-state index contributed by atoms with van der Waals surface area (Å²) in [5.74, 6) is 0. The summed E-state index contributed by atoms with van der Waals surface area (Å²) in [5, 5.41) is 3.65. The first-order chi connectivity index (χ1) is 7.45. The van der Waals surface area contributed by atoms with Crippen molar-refractivity contribution in [2.75, 3.05) is 0 Å². The lowest BCUT2D eigenvalue weighted by atomic mass is 9.93. The summed E-state index contributed by atoms with van der Waals surface area (Å²) >= 11 is 7.83. The van der Waals surface area contributed by atoms with Gasteiger partial charge in [-0.25, -0.2) is 4.98 Å². The molecule has 1 aliphatic rings. The number of allylic oxidation sites excluding steroid dienone is 2. The normalized spacial score (nSPS) is 21.2. The Hall–Kier alpha value is -0.340. The first-order valence-corrected chi connectivity index (χ1v) is 7.05. The maximum absolute atomic E-state index is 6.06. The Bertz CT molecular complexity index is 400. The van der Waals surface area contributed by atoms with Crippen LogP contribution in [0.1, 0.15) is 44.3 Å². The van der Waals surface area contributed by atoms with E-state index in [-0.39, 0.29) is 10.8 Å². The lowest BCUT2D eigenvalue weighted by Gasteiger charge is -2.14. The molecule has 0 aromatic carbocycles. The summed E-state index contributed by atoms with van der Waals surface area (Å²) < 4.78 is 0. The van der Waals surface area contributed by atoms with E-state index in [4.69, 9.17) is 16.6 Å². The fraction of sp³-hybridized carbons (Fsp3) is 0.615. The molecule has 0 spiro atoms. The minimum atomic E-state index is 0.161. The molecule has 1 aromatic rings. The molecule has 0 bridgehead atoms. The molecule has 1 aromatic heterocycles. The summed E-state index contributed by atoms with van der Waals surface area (Å²) in [6.45, 7) is 6.61. The summed E-state index contributed by atoms with van der Waals surface area (Å²) in [6.07, 6.45) is 5.41. The van der Waals surface area contributed by atoms with Gasteiger partial charge in [-0.05, 0) is 12.8 Å². The Kier molecular flexibility index (Phi) is 3.41. The molecule has 88 valence electrons. The van der Waals surface area contributed by atoms with Crippen LogP contribution in [0.25, 0.3) is 0 Å². The number of hydrogen-bond donors (Lipinski definition) is 0. The molecule has 2 rings (SSSR count). The topological polar surface area (TPSA) is 12.9 Å². The molecule has 0 radical (unpaired) electrons. The van der Waals surface area contributed by atoms with Crippen LogP contribution in [0, 0.1) is 0 Å². The van der Waals surface area contributed by atoms with Gasteiger partial charge in [-0.15, -0.1) is 22.9 Å². The van der Waals surface area contributed by atoms with Gasteiger partial charge in [0.05, 0.1) is 16.1 Å². The molecule has 3 heteroatoms. The Morgan fingerprint density at radius 3 is 2.75 bits per heavy atom. The zero-order valence-corrected chi connectivity index (χ0v) is 11.7. The average Bonchev–Trinajstić information content (AvgIpc) is 2.74. The van der Waals surface area contributed by atoms with E-state index in [1.165, 1.54) is 16.3 Å². The molecule has 0 saturated carbocycles. The van der Waals surface area contributed by atoms with Crippen molar-refractivity contribution in [3.63, 3.8) is 0 Å². The van der Waals surface area contributed by atoms with Gasteiger partial charge in [0.1, 0.15) is 0 Å². The van der Waals surface area contributed by atoms with Gasteiger partial charge in [0.25, 0.3) is 0 Å². The summed E-state index contributed by atoms with van der Waals surface area (Å²) in [6, 6.07) is 0. The number of nitrogens with zero attached hydrogens (tertiary/aromatic N) is 1. The van der Waals surface area contributed by atoms with Gasteiger partial charge < -0.3 is 0 Å². The maximum atomic E-state index is 6.06. The molecule has 0 aliphatic heterocycles. The van der Waals surface area contributed by atoms with Gasteiger partial charge >= 0.3 is 0 Å². The number of alkyl halides is 1. The van der Waals surface area contributed by atoms with Crippen molar-refractivity contribution < 1.29 is 0 Å². The highest BCUT2D eigenvalue weighted by Gasteiger charge is 2.19. The monoisotopic (exact) mass is 255 g/mol. The molecule has 1 nitrogen and oxygen atoms in total.